The highest BCUT2D eigenvalue weighted by Gasteiger charge is 2.30. The van der Waals surface area contributed by atoms with Gasteiger partial charge in [0.05, 0.1) is 12.1 Å². The normalized spacial score (nSPS) is 14.0. The molecule has 3 N–H and O–H groups in total. The van der Waals surface area contributed by atoms with Gasteiger partial charge in [-0.2, -0.15) is 0 Å². The molecular formula is C25H30N2O4. The topological polar surface area (TPSA) is 102 Å². The van der Waals surface area contributed by atoms with Gasteiger partial charge in [-0.3, -0.25) is 10.2 Å². The third-order valence-corrected chi connectivity index (χ3v) is 5.67. The fourth-order valence-electron chi connectivity index (χ4n) is 3.86. The first-order valence-electron chi connectivity index (χ1n) is 10.3. The fraction of sp³-hybridized carbons (Fsp3) is 0.400. The molecule has 6 heteroatoms. The third kappa shape index (κ3) is 4.33. The highest BCUT2D eigenvalue weighted by atomic mass is 16.4. The van der Waals surface area contributed by atoms with E-state index in [0.29, 0.717) is 28.8 Å². The zero-order chi connectivity index (χ0) is 23.3. The Bertz CT molecular complexity index is 1050. The molecule has 0 unspecified atom stereocenters. The van der Waals surface area contributed by atoms with Crippen LogP contribution < -0.4 is 0 Å². The lowest BCUT2D eigenvalue weighted by Crippen LogP contribution is -2.30. The zero-order valence-electron chi connectivity index (χ0n) is 19.0. The molecule has 1 aliphatic heterocycles. The molecule has 0 aromatic heterocycles. The maximum absolute atomic E-state index is 13.2. The van der Waals surface area contributed by atoms with Gasteiger partial charge in [-0.05, 0) is 40.7 Å². The summed E-state index contributed by atoms with van der Waals surface area (Å²) in [5, 5.41) is 28.5. The zero-order valence-corrected chi connectivity index (χ0v) is 19.0. The van der Waals surface area contributed by atoms with Gasteiger partial charge in [0.15, 0.2) is 5.78 Å². The summed E-state index contributed by atoms with van der Waals surface area (Å²) < 4.78 is 0. The number of carbonyl (C=O) groups is 2. The van der Waals surface area contributed by atoms with E-state index in [0.717, 1.165) is 5.56 Å². The SMILES string of the molecule is CC(C)(C)c1cc(C(=O)CN2Cc3ccc(C(=O)O)cc3C2=N)cc(C(C)(C)C)c1O. The minimum absolute atomic E-state index is 0.00780. The number of benzene rings is 2. The van der Waals surface area contributed by atoms with Crippen LogP contribution in [0, 0.1) is 5.41 Å². The molecule has 0 saturated heterocycles. The van der Waals surface area contributed by atoms with Crippen LogP contribution in [0.3, 0.4) is 0 Å². The number of nitrogens with zero attached hydrogens (tertiary/aromatic N) is 1. The van der Waals surface area contributed by atoms with Gasteiger partial charge in [0.25, 0.3) is 0 Å². The van der Waals surface area contributed by atoms with Gasteiger partial charge >= 0.3 is 5.97 Å². The number of phenolic OH excluding ortho intramolecular Hbond substituents is 1. The number of carboxylic acid groups (broad SMARTS) is 1. The van der Waals surface area contributed by atoms with E-state index < -0.39 is 5.97 Å². The van der Waals surface area contributed by atoms with Gasteiger partial charge < -0.3 is 15.1 Å². The number of aromatic carboxylic acids is 1. The molecule has 0 atom stereocenters. The summed E-state index contributed by atoms with van der Waals surface area (Å²) in [7, 11) is 0. The number of phenols is 1. The van der Waals surface area contributed by atoms with E-state index >= 15 is 0 Å². The van der Waals surface area contributed by atoms with Crippen LogP contribution in [-0.4, -0.2) is 39.2 Å². The van der Waals surface area contributed by atoms with Crippen molar-refractivity contribution in [2.75, 3.05) is 6.54 Å². The average Bonchev–Trinajstić information content (AvgIpc) is 2.95. The van der Waals surface area contributed by atoms with Crippen molar-refractivity contribution in [1.29, 1.82) is 5.41 Å². The predicted octanol–water partition coefficient (Wildman–Crippen LogP) is 4.71. The van der Waals surface area contributed by atoms with Crippen molar-refractivity contribution in [3.8, 4) is 5.75 Å². The van der Waals surface area contributed by atoms with E-state index in [9.17, 15) is 19.8 Å². The van der Waals surface area contributed by atoms with E-state index in [1.165, 1.54) is 12.1 Å². The summed E-state index contributed by atoms with van der Waals surface area (Å²) >= 11 is 0. The van der Waals surface area contributed by atoms with Crippen molar-refractivity contribution in [2.45, 2.75) is 58.9 Å². The summed E-state index contributed by atoms with van der Waals surface area (Å²) in [5.74, 6) is -0.818. The number of carbonyl (C=O) groups excluding carboxylic acids is 1. The van der Waals surface area contributed by atoms with Crippen molar-refractivity contribution in [1.82, 2.24) is 4.90 Å². The van der Waals surface area contributed by atoms with Crippen LogP contribution in [0.5, 0.6) is 5.75 Å². The van der Waals surface area contributed by atoms with Crippen molar-refractivity contribution in [3.05, 3.63) is 63.7 Å². The minimum Gasteiger partial charge on any atom is -0.507 e. The average molecular weight is 423 g/mol. The molecule has 0 bridgehead atoms. The fourth-order valence-corrected chi connectivity index (χ4v) is 3.86. The van der Waals surface area contributed by atoms with Crippen LogP contribution in [0.25, 0.3) is 0 Å². The molecule has 2 aromatic rings. The number of rotatable bonds is 4. The van der Waals surface area contributed by atoms with Crippen LogP contribution in [-0.2, 0) is 17.4 Å². The molecule has 0 spiro atoms. The van der Waals surface area contributed by atoms with Crippen LogP contribution in [0.2, 0.25) is 0 Å². The first-order chi connectivity index (χ1) is 14.2. The Morgan fingerprint density at radius 3 is 2.00 bits per heavy atom. The lowest BCUT2D eigenvalue weighted by Gasteiger charge is -2.28. The van der Waals surface area contributed by atoms with Crippen LogP contribution in [0.4, 0.5) is 0 Å². The van der Waals surface area contributed by atoms with E-state index in [-0.39, 0.29) is 40.3 Å². The van der Waals surface area contributed by atoms with Crippen LogP contribution in [0.15, 0.2) is 30.3 Å². The Kier molecular flexibility index (Phi) is 5.47. The third-order valence-electron chi connectivity index (χ3n) is 5.67. The van der Waals surface area contributed by atoms with Gasteiger partial charge in [0.2, 0.25) is 0 Å². The van der Waals surface area contributed by atoms with Gasteiger partial charge in [-0.1, -0.05) is 47.6 Å². The van der Waals surface area contributed by atoms with E-state index in [1.54, 1.807) is 23.1 Å². The van der Waals surface area contributed by atoms with Crippen molar-refractivity contribution in [2.24, 2.45) is 0 Å². The summed E-state index contributed by atoms with van der Waals surface area (Å²) in [6.07, 6.45) is 0. The molecule has 1 aliphatic rings. The largest absolute Gasteiger partial charge is 0.507 e. The Balaban J connectivity index is 1.94. The van der Waals surface area contributed by atoms with E-state index in [4.69, 9.17) is 5.41 Å². The quantitative estimate of drug-likeness (QED) is 0.620. The standard InChI is InChI=1S/C25H30N2O4/c1-24(2,3)18-10-16(11-19(21(18)29)25(4,5)6)20(28)13-27-12-15-8-7-14(23(30)31)9-17(15)22(27)26/h7-11,26,29H,12-13H2,1-6H3,(H,30,31). The van der Waals surface area contributed by atoms with E-state index in [1.807, 2.05) is 41.5 Å². The van der Waals surface area contributed by atoms with E-state index in [2.05, 4.69) is 0 Å². The number of fused-ring (bicyclic) bond motifs is 1. The van der Waals surface area contributed by atoms with Gasteiger partial charge in [-0.15, -0.1) is 0 Å². The molecular weight excluding hydrogens is 392 g/mol. The molecule has 0 radical (unpaired) electrons. The molecule has 2 aromatic carbocycles. The first kappa shape index (κ1) is 22.5. The van der Waals surface area contributed by atoms with Crippen LogP contribution >= 0.6 is 0 Å². The molecule has 1 heterocycles. The summed E-state index contributed by atoms with van der Waals surface area (Å²) in [5.41, 5.74) is 2.75. The van der Waals surface area contributed by atoms with Crippen molar-refractivity contribution < 1.29 is 19.8 Å². The maximum atomic E-state index is 13.2. The lowest BCUT2D eigenvalue weighted by molar-refractivity contribution is 0.0696. The predicted molar refractivity (Wildman–Crippen MR) is 120 cm³/mol. The number of Topliss-reactive ketones (excluding diaryl/α,β-unsaturated/α-hetero) is 1. The molecule has 6 nitrogen and oxygen atoms in total. The summed E-state index contributed by atoms with van der Waals surface area (Å²) in [6, 6.07) is 8.21. The Labute approximate surface area is 183 Å². The summed E-state index contributed by atoms with van der Waals surface area (Å²) in [6.45, 7) is 12.4. The van der Waals surface area contributed by atoms with Crippen LogP contribution in [0.1, 0.15) is 84.5 Å². The highest BCUT2D eigenvalue weighted by molar-refractivity contribution is 6.06. The second-order valence-electron chi connectivity index (χ2n) is 10.2. The molecule has 3 rings (SSSR count). The highest BCUT2D eigenvalue weighted by Crippen LogP contribution is 2.40. The first-order valence-corrected chi connectivity index (χ1v) is 10.3. The Morgan fingerprint density at radius 2 is 1.52 bits per heavy atom. The molecule has 164 valence electrons. The smallest absolute Gasteiger partial charge is 0.335 e. The van der Waals surface area contributed by atoms with Gasteiger partial charge in [0.1, 0.15) is 11.6 Å². The number of amidine groups is 1. The van der Waals surface area contributed by atoms with Crippen molar-refractivity contribution >= 4 is 17.6 Å². The molecule has 0 aliphatic carbocycles. The second-order valence-corrected chi connectivity index (χ2v) is 10.2. The number of ketones is 1. The Hall–Kier alpha value is -3.15. The number of carboxylic acids is 1. The second kappa shape index (κ2) is 7.52. The van der Waals surface area contributed by atoms with Gasteiger partial charge in [-0.25, -0.2) is 4.79 Å². The summed E-state index contributed by atoms with van der Waals surface area (Å²) in [4.78, 5) is 26.1. The number of hydrogen-bond donors (Lipinski definition) is 3. The van der Waals surface area contributed by atoms with Crippen molar-refractivity contribution in [3.63, 3.8) is 0 Å². The number of aromatic hydroxyl groups is 1. The Morgan fingerprint density at radius 1 is 0.968 bits per heavy atom. The number of nitrogens with one attached hydrogen (secondary N) is 1. The van der Waals surface area contributed by atoms with Gasteiger partial charge in [0, 0.05) is 28.8 Å². The molecule has 0 fully saturated rings. The maximum Gasteiger partial charge on any atom is 0.335 e. The number of hydrogen-bond acceptors (Lipinski definition) is 4. The lowest BCUT2D eigenvalue weighted by atomic mass is 9.78. The minimum atomic E-state index is -1.04. The molecule has 0 amide bonds. The molecule has 0 saturated carbocycles. The monoisotopic (exact) mass is 422 g/mol. The molecule has 31 heavy (non-hydrogen) atoms.